The van der Waals surface area contributed by atoms with Crippen LogP contribution in [0.1, 0.15) is 21.5 Å². The molecule has 0 aliphatic rings. The second-order valence-corrected chi connectivity index (χ2v) is 6.49. The Morgan fingerprint density at radius 2 is 1.43 bits per heavy atom. The van der Waals surface area contributed by atoms with Gasteiger partial charge in [-0.3, -0.25) is 14.6 Å². The summed E-state index contributed by atoms with van der Waals surface area (Å²) >= 11 is 0. The molecule has 3 N–H and O–H groups in total. The largest absolute Gasteiger partial charge is 0.524 e. The fourth-order valence-corrected chi connectivity index (χ4v) is 2.50. The Balaban J connectivity index is 2.43. The molecule has 0 bridgehead atoms. The molecular formula is C15H10F6NO5P. The van der Waals surface area contributed by atoms with Gasteiger partial charge in [0.05, 0.1) is 16.7 Å². The molecule has 0 aliphatic carbocycles. The lowest BCUT2D eigenvalue weighted by atomic mass is 10.1. The van der Waals surface area contributed by atoms with Gasteiger partial charge in [-0.05, 0) is 30.3 Å². The van der Waals surface area contributed by atoms with E-state index in [0.717, 1.165) is 12.1 Å². The van der Waals surface area contributed by atoms with Gasteiger partial charge in [0, 0.05) is 5.69 Å². The molecule has 0 saturated heterocycles. The maximum absolute atomic E-state index is 12.9. The van der Waals surface area contributed by atoms with Gasteiger partial charge in [0.2, 0.25) is 0 Å². The molecule has 28 heavy (non-hydrogen) atoms. The van der Waals surface area contributed by atoms with Crippen molar-refractivity contribution < 1.29 is 50.0 Å². The zero-order valence-electron chi connectivity index (χ0n) is 13.4. The number of carbonyl (C=O) groups excluding carboxylic acids is 1. The SMILES string of the molecule is O=C(Nc1cc(C(F)(F)F)cc(C(F)(F)F)c1)c1ccccc1OP(=O)(O)O. The normalized spacial score (nSPS) is 12.6. The van der Waals surface area contributed by atoms with Crippen LogP contribution in [0.25, 0.3) is 0 Å². The molecule has 0 fully saturated rings. The van der Waals surface area contributed by atoms with Gasteiger partial charge in [-0.2, -0.15) is 26.3 Å². The van der Waals surface area contributed by atoms with Crippen molar-refractivity contribution in [3.8, 4) is 5.75 Å². The van der Waals surface area contributed by atoms with E-state index in [9.17, 15) is 35.7 Å². The average molecular weight is 429 g/mol. The molecule has 6 nitrogen and oxygen atoms in total. The van der Waals surface area contributed by atoms with Crippen LogP contribution in [0.3, 0.4) is 0 Å². The number of rotatable bonds is 4. The Kier molecular flexibility index (Phi) is 5.79. The van der Waals surface area contributed by atoms with Crippen molar-refractivity contribution >= 4 is 19.4 Å². The molecular weight excluding hydrogens is 419 g/mol. The van der Waals surface area contributed by atoms with Crippen LogP contribution in [-0.2, 0) is 16.9 Å². The number of phosphoric ester groups is 1. The van der Waals surface area contributed by atoms with Crippen LogP contribution in [0.15, 0.2) is 42.5 Å². The van der Waals surface area contributed by atoms with Crippen molar-refractivity contribution in [2.45, 2.75) is 12.4 Å². The van der Waals surface area contributed by atoms with Crippen LogP contribution < -0.4 is 9.84 Å². The van der Waals surface area contributed by atoms with Gasteiger partial charge < -0.3 is 9.84 Å². The predicted molar refractivity (Wildman–Crippen MR) is 83.5 cm³/mol. The van der Waals surface area contributed by atoms with Crippen LogP contribution in [-0.4, -0.2) is 15.7 Å². The molecule has 0 unspecified atom stereocenters. The average Bonchev–Trinajstić information content (AvgIpc) is 2.51. The summed E-state index contributed by atoms with van der Waals surface area (Å²) in [5, 5.41) is 1.84. The molecule has 0 saturated carbocycles. The second-order valence-electron chi connectivity index (χ2n) is 5.33. The number of halogens is 6. The van der Waals surface area contributed by atoms with E-state index in [1.165, 1.54) is 12.1 Å². The van der Waals surface area contributed by atoms with Crippen molar-refractivity contribution in [3.05, 3.63) is 59.2 Å². The number of carbonyl (C=O) groups is 1. The number of phosphoric acid groups is 1. The van der Waals surface area contributed by atoms with E-state index in [0.29, 0.717) is 12.1 Å². The van der Waals surface area contributed by atoms with Crippen LogP contribution in [0.4, 0.5) is 32.0 Å². The molecule has 152 valence electrons. The quantitative estimate of drug-likeness (QED) is 0.493. The fourth-order valence-electron chi connectivity index (χ4n) is 2.09. The van der Waals surface area contributed by atoms with Crippen molar-refractivity contribution in [2.75, 3.05) is 5.32 Å². The number of anilines is 1. The van der Waals surface area contributed by atoms with Crippen molar-refractivity contribution in [1.29, 1.82) is 0 Å². The lowest BCUT2D eigenvalue weighted by Gasteiger charge is -2.15. The van der Waals surface area contributed by atoms with Crippen molar-refractivity contribution in [1.82, 2.24) is 0 Å². The first-order valence-electron chi connectivity index (χ1n) is 7.12. The summed E-state index contributed by atoms with van der Waals surface area (Å²) < 4.78 is 92.4. The van der Waals surface area contributed by atoms with Gasteiger partial charge in [0.1, 0.15) is 5.75 Å². The first-order chi connectivity index (χ1) is 12.7. The third-order valence-electron chi connectivity index (χ3n) is 3.19. The lowest BCUT2D eigenvalue weighted by molar-refractivity contribution is -0.143. The Bertz CT molecular complexity index is 905. The molecule has 0 radical (unpaired) electrons. The number of nitrogens with one attached hydrogen (secondary N) is 1. The van der Waals surface area contributed by atoms with Crippen LogP contribution in [0.2, 0.25) is 0 Å². The summed E-state index contributed by atoms with van der Waals surface area (Å²) in [5.74, 6) is -1.85. The molecule has 13 heteroatoms. The van der Waals surface area contributed by atoms with Crippen molar-refractivity contribution in [2.24, 2.45) is 0 Å². The maximum atomic E-state index is 12.9. The predicted octanol–water partition coefficient (Wildman–Crippen LogP) is 4.45. The third-order valence-corrected chi connectivity index (χ3v) is 3.63. The zero-order chi connectivity index (χ0) is 21.3. The fraction of sp³-hybridized carbons (Fsp3) is 0.133. The molecule has 2 aromatic carbocycles. The number of hydrogen-bond donors (Lipinski definition) is 3. The van der Waals surface area contributed by atoms with E-state index >= 15 is 0 Å². The minimum absolute atomic E-state index is 0.111. The standard InChI is InChI=1S/C15H10F6NO5P/c16-14(17,18)8-5-9(15(19,20)21)7-10(6-8)22-13(23)11-3-1-2-4-12(11)27-28(24,25)26/h1-7H,(H,22,23)(H2,24,25,26). The van der Waals surface area contributed by atoms with Gasteiger partial charge in [-0.1, -0.05) is 12.1 Å². The lowest BCUT2D eigenvalue weighted by Crippen LogP contribution is -2.16. The molecule has 0 spiro atoms. The van der Waals surface area contributed by atoms with Gasteiger partial charge in [0.25, 0.3) is 5.91 Å². The maximum Gasteiger partial charge on any atom is 0.524 e. The van der Waals surface area contributed by atoms with Gasteiger partial charge in [-0.15, -0.1) is 0 Å². The highest BCUT2D eigenvalue weighted by atomic mass is 31.2. The second kappa shape index (κ2) is 7.46. The Hall–Kier alpha value is -2.56. The summed E-state index contributed by atoms with van der Waals surface area (Å²) in [6, 6.07) is 4.96. The van der Waals surface area contributed by atoms with E-state index in [1.807, 2.05) is 5.32 Å². The summed E-state index contributed by atoms with van der Waals surface area (Å²) in [4.78, 5) is 29.9. The number of alkyl halides is 6. The molecule has 2 rings (SSSR count). The zero-order valence-corrected chi connectivity index (χ0v) is 14.3. The van der Waals surface area contributed by atoms with E-state index in [-0.39, 0.29) is 6.07 Å². The molecule has 0 aromatic heterocycles. The molecule has 1 amide bonds. The summed E-state index contributed by atoms with van der Waals surface area (Å²) in [6.45, 7) is 0. The first-order valence-corrected chi connectivity index (χ1v) is 8.65. The molecule has 2 aromatic rings. The van der Waals surface area contributed by atoms with Gasteiger partial charge in [-0.25, -0.2) is 4.57 Å². The number of benzene rings is 2. The number of para-hydroxylation sites is 1. The highest BCUT2D eigenvalue weighted by Gasteiger charge is 2.37. The Morgan fingerprint density at radius 1 is 0.929 bits per heavy atom. The van der Waals surface area contributed by atoms with E-state index in [1.54, 1.807) is 0 Å². The molecule has 0 atom stereocenters. The summed E-state index contributed by atoms with van der Waals surface area (Å²) in [7, 11) is -5.07. The topological polar surface area (TPSA) is 95.9 Å². The highest BCUT2D eigenvalue weighted by molar-refractivity contribution is 7.46. The van der Waals surface area contributed by atoms with Crippen LogP contribution in [0, 0.1) is 0 Å². The third kappa shape index (κ3) is 5.72. The summed E-state index contributed by atoms with van der Waals surface area (Å²) in [6.07, 6.45) is -10.2. The van der Waals surface area contributed by atoms with Gasteiger partial charge in [0.15, 0.2) is 0 Å². The molecule has 0 aliphatic heterocycles. The Morgan fingerprint density at radius 3 is 1.89 bits per heavy atom. The number of amides is 1. The number of hydrogen-bond acceptors (Lipinski definition) is 3. The minimum Gasteiger partial charge on any atom is -0.403 e. The van der Waals surface area contributed by atoms with E-state index in [2.05, 4.69) is 4.52 Å². The van der Waals surface area contributed by atoms with Crippen LogP contribution in [0.5, 0.6) is 5.75 Å². The van der Waals surface area contributed by atoms with Crippen LogP contribution >= 0.6 is 7.82 Å². The Labute approximate surface area is 153 Å². The minimum atomic E-state index is -5.11. The molecule has 0 heterocycles. The van der Waals surface area contributed by atoms with E-state index < -0.39 is 54.2 Å². The highest BCUT2D eigenvalue weighted by Crippen LogP contribution is 2.40. The monoisotopic (exact) mass is 429 g/mol. The first kappa shape index (κ1) is 21.7. The van der Waals surface area contributed by atoms with Gasteiger partial charge >= 0.3 is 20.2 Å². The van der Waals surface area contributed by atoms with Crippen molar-refractivity contribution in [3.63, 3.8) is 0 Å². The smallest absolute Gasteiger partial charge is 0.403 e. The van der Waals surface area contributed by atoms with E-state index in [4.69, 9.17) is 9.79 Å². The summed E-state index contributed by atoms with van der Waals surface area (Å²) in [5.41, 5.74) is -4.62.